The van der Waals surface area contributed by atoms with Crippen molar-refractivity contribution in [2.75, 3.05) is 6.61 Å². The van der Waals surface area contributed by atoms with Crippen molar-refractivity contribution < 1.29 is 14.3 Å². The summed E-state index contributed by atoms with van der Waals surface area (Å²) in [6.45, 7) is 2.65. The number of carbonyl (C=O) groups excluding carboxylic acids is 1. The van der Waals surface area contributed by atoms with Crippen LogP contribution < -0.4 is 4.74 Å². The van der Waals surface area contributed by atoms with Gasteiger partial charge in [-0.3, -0.25) is 4.79 Å². The Bertz CT molecular complexity index is 455. The van der Waals surface area contributed by atoms with E-state index >= 15 is 0 Å². The molecule has 0 aliphatic carbocycles. The zero-order chi connectivity index (χ0) is 12.5. The minimum absolute atomic E-state index is 0.0507. The van der Waals surface area contributed by atoms with Crippen LogP contribution in [0.15, 0.2) is 24.3 Å². The first-order valence-corrected chi connectivity index (χ1v) is 6.66. The SMILES string of the molecule is CC1CCC(C(=O)C2CCOc3ccccc32)O1. The maximum absolute atomic E-state index is 12.5. The van der Waals surface area contributed by atoms with Crippen molar-refractivity contribution in [3.8, 4) is 5.75 Å². The van der Waals surface area contributed by atoms with E-state index in [1.165, 1.54) is 0 Å². The lowest BCUT2D eigenvalue weighted by Gasteiger charge is -2.26. The van der Waals surface area contributed by atoms with E-state index in [-0.39, 0.29) is 23.9 Å². The minimum Gasteiger partial charge on any atom is -0.493 e. The Morgan fingerprint density at radius 3 is 2.83 bits per heavy atom. The van der Waals surface area contributed by atoms with Gasteiger partial charge in [0.05, 0.1) is 18.6 Å². The molecule has 3 unspecified atom stereocenters. The third-order valence-electron chi connectivity index (χ3n) is 3.85. The van der Waals surface area contributed by atoms with E-state index in [9.17, 15) is 4.79 Å². The molecule has 3 rings (SSSR count). The van der Waals surface area contributed by atoms with Gasteiger partial charge in [0.1, 0.15) is 11.9 Å². The summed E-state index contributed by atoms with van der Waals surface area (Å²) in [4.78, 5) is 12.5. The van der Waals surface area contributed by atoms with Gasteiger partial charge in [0.15, 0.2) is 5.78 Å². The summed E-state index contributed by atoms with van der Waals surface area (Å²) in [6.07, 6.45) is 2.62. The van der Waals surface area contributed by atoms with Crippen molar-refractivity contribution in [1.82, 2.24) is 0 Å². The van der Waals surface area contributed by atoms with Gasteiger partial charge in [-0.2, -0.15) is 0 Å². The van der Waals surface area contributed by atoms with E-state index in [1.807, 2.05) is 31.2 Å². The monoisotopic (exact) mass is 246 g/mol. The fourth-order valence-electron chi connectivity index (χ4n) is 2.87. The molecule has 1 fully saturated rings. The second-order valence-corrected chi connectivity index (χ2v) is 5.14. The lowest BCUT2D eigenvalue weighted by molar-refractivity contribution is -0.131. The Balaban J connectivity index is 1.83. The number of carbonyl (C=O) groups is 1. The van der Waals surface area contributed by atoms with Gasteiger partial charge in [-0.1, -0.05) is 18.2 Å². The average Bonchev–Trinajstić information content (AvgIpc) is 2.84. The number of hydrogen-bond donors (Lipinski definition) is 0. The van der Waals surface area contributed by atoms with Crippen LogP contribution in [0.25, 0.3) is 0 Å². The molecule has 2 aliphatic rings. The topological polar surface area (TPSA) is 35.5 Å². The molecule has 0 amide bonds. The molecule has 3 nitrogen and oxygen atoms in total. The van der Waals surface area contributed by atoms with Gasteiger partial charge in [0.25, 0.3) is 0 Å². The number of ether oxygens (including phenoxy) is 2. The van der Waals surface area contributed by atoms with Crippen molar-refractivity contribution >= 4 is 5.78 Å². The molecule has 1 aromatic rings. The molecule has 1 saturated heterocycles. The highest BCUT2D eigenvalue weighted by atomic mass is 16.5. The third-order valence-corrected chi connectivity index (χ3v) is 3.85. The summed E-state index contributed by atoms with van der Waals surface area (Å²) in [5.74, 6) is 1.04. The van der Waals surface area contributed by atoms with Crippen LogP contribution >= 0.6 is 0 Å². The summed E-state index contributed by atoms with van der Waals surface area (Å²) in [7, 11) is 0. The molecule has 0 saturated carbocycles. The highest BCUT2D eigenvalue weighted by Gasteiger charge is 2.36. The predicted octanol–water partition coefficient (Wildman–Crippen LogP) is 2.69. The molecule has 0 bridgehead atoms. The quantitative estimate of drug-likeness (QED) is 0.804. The first-order valence-electron chi connectivity index (χ1n) is 6.66. The standard InChI is InChI=1S/C15H18O3/c1-10-6-7-14(18-10)15(16)12-8-9-17-13-5-3-2-4-11(12)13/h2-5,10,12,14H,6-9H2,1H3. The van der Waals surface area contributed by atoms with Gasteiger partial charge in [-0.15, -0.1) is 0 Å². The number of benzene rings is 1. The summed E-state index contributed by atoms with van der Waals surface area (Å²) >= 11 is 0. The molecule has 0 N–H and O–H groups in total. The van der Waals surface area contributed by atoms with Crippen molar-refractivity contribution in [2.24, 2.45) is 0 Å². The molecule has 2 aliphatic heterocycles. The van der Waals surface area contributed by atoms with Crippen LogP contribution in [0.5, 0.6) is 5.75 Å². The van der Waals surface area contributed by atoms with Crippen LogP contribution in [0.1, 0.15) is 37.7 Å². The zero-order valence-electron chi connectivity index (χ0n) is 10.6. The molecule has 3 heteroatoms. The number of fused-ring (bicyclic) bond motifs is 1. The van der Waals surface area contributed by atoms with Crippen LogP contribution in [0.3, 0.4) is 0 Å². The molecule has 2 heterocycles. The number of ketones is 1. The number of hydrogen-bond acceptors (Lipinski definition) is 3. The number of rotatable bonds is 2. The molecule has 0 radical (unpaired) electrons. The summed E-state index contributed by atoms with van der Waals surface area (Å²) in [6, 6.07) is 7.84. The summed E-state index contributed by atoms with van der Waals surface area (Å²) in [5, 5.41) is 0. The first-order chi connectivity index (χ1) is 8.75. The lowest BCUT2D eigenvalue weighted by Crippen LogP contribution is -2.30. The van der Waals surface area contributed by atoms with Crippen LogP contribution in [-0.2, 0) is 9.53 Å². The van der Waals surface area contributed by atoms with E-state index in [0.717, 1.165) is 30.6 Å². The number of para-hydroxylation sites is 1. The van der Waals surface area contributed by atoms with E-state index in [0.29, 0.717) is 6.61 Å². The van der Waals surface area contributed by atoms with Crippen LogP contribution in [0.2, 0.25) is 0 Å². The Labute approximate surface area is 107 Å². The molecule has 0 spiro atoms. The summed E-state index contributed by atoms with van der Waals surface area (Å²) in [5.41, 5.74) is 1.02. The Kier molecular flexibility index (Phi) is 3.08. The maximum Gasteiger partial charge on any atom is 0.169 e. The molecule has 96 valence electrons. The van der Waals surface area contributed by atoms with E-state index in [2.05, 4.69) is 0 Å². The van der Waals surface area contributed by atoms with Crippen LogP contribution in [0.4, 0.5) is 0 Å². The molecule has 0 aromatic heterocycles. The van der Waals surface area contributed by atoms with Gasteiger partial charge in [0.2, 0.25) is 0 Å². The van der Waals surface area contributed by atoms with Crippen molar-refractivity contribution in [2.45, 2.75) is 44.3 Å². The lowest BCUT2D eigenvalue weighted by atomic mass is 9.86. The largest absolute Gasteiger partial charge is 0.493 e. The van der Waals surface area contributed by atoms with E-state index in [4.69, 9.17) is 9.47 Å². The van der Waals surface area contributed by atoms with Crippen molar-refractivity contribution in [3.63, 3.8) is 0 Å². The maximum atomic E-state index is 12.5. The zero-order valence-corrected chi connectivity index (χ0v) is 10.6. The van der Waals surface area contributed by atoms with Gasteiger partial charge in [0, 0.05) is 5.56 Å². The predicted molar refractivity (Wildman–Crippen MR) is 67.9 cm³/mol. The fraction of sp³-hybridized carbons (Fsp3) is 0.533. The van der Waals surface area contributed by atoms with Gasteiger partial charge >= 0.3 is 0 Å². The van der Waals surface area contributed by atoms with Gasteiger partial charge in [-0.05, 0) is 32.3 Å². The molecular formula is C15H18O3. The molecule has 1 aromatic carbocycles. The van der Waals surface area contributed by atoms with Crippen molar-refractivity contribution in [3.05, 3.63) is 29.8 Å². The molecular weight excluding hydrogens is 228 g/mol. The number of Topliss-reactive ketones (excluding diaryl/α,β-unsaturated/α-hetero) is 1. The fourth-order valence-corrected chi connectivity index (χ4v) is 2.87. The third kappa shape index (κ3) is 2.03. The minimum atomic E-state index is -0.212. The van der Waals surface area contributed by atoms with Crippen LogP contribution in [-0.4, -0.2) is 24.6 Å². The molecule has 3 atom stereocenters. The van der Waals surface area contributed by atoms with Gasteiger partial charge in [-0.25, -0.2) is 0 Å². The van der Waals surface area contributed by atoms with Crippen molar-refractivity contribution in [1.29, 1.82) is 0 Å². The Hall–Kier alpha value is -1.35. The first kappa shape index (κ1) is 11.7. The van der Waals surface area contributed by atoms with Gasteiger partial charge < -0.3 is 9.47 Å². The smallest absolute Gasteiger partial charge is 0.169 e. The second-order valence-electron chi connectivity index (χ2n) is 5.14. The summed E-state index contributed by atoms with van der Waals surface area (Å²) < 4.78 is 11.3. The Morgan fingerprint density at radius 2 is 2.06 bits per heavy atom. The molecule has 18 heavy (non-hydrogen) atoms. The second kappa shape index (κ2) is 4.73. The highest BCUT2D eigenvalue weighted by Crippen LogP contribution is 2.36. The normalized spacial score (nSPS) is 30.6. The van der Waals surface area contributed by atoms with E-state index in [1.54, 1.807) is 0 Å². The highest BCUT2D eigenvalue weighted by molar-refractivity contribution is 5.90. The Morgan fingerprint density at radius 1 is 1.22 bits per heavy atom. The van der Waals surface area contributed by atoms with E-state index < -0.39 is 0 Å². The average molecular weight is 246 g/mol. The van der Waals surface area contributed by atoms with Crippen LogP contribution in [0, 0.1) is 0 Å².